The molecule has 1 amide bonds. The van der Waals surface area contributed by atoms with E-state index in [2.05, 4.69) is 21.4 Å². The molecule has 3 N–H and O–H groups in total. The highest BCUT2D eigenvalue weighted by Crippen LogP contribution is 2.23. The minimum absolute atomic E-state index is 0.262. The van der Waals surface area contributed by atoms with E-state index in [4.69, 9.17) is 10.6 Å². The number of rotatable bonds is 4. The minimum Gasteiger partial charge on any atom is -0.488 e. The van der Waals surface area contributed by atoms with Crippen molar-refractivity contribution >= 4 is 33.2 Å². The number of benzene rings is 1. The van der Waals surface area contributed by atoms with E-state index in [9.17, 15) is 9.18 Å². The molecule has 0 aliphatic rings. The molecule has 0 saturated carbocycles. The van der Waals surface area contributed by atoms with Crippen LogP contribution in [0.4, 0.5) is 4.39 Å². The van der Waals surface area contributed by atoms with Gasteiger partial charge >= 0.3 is 0 Å². The van der Waals surface area contributed by atoms with Crippen molar-refractivity contribution in [3.05, 3.63) is 50.4 Å². The molecule has 1 aromatic carbocycles. The average Bonchev–Trinajstić information content (AvgIpc) is 2.83. The molecule has 2 rings (SSSR count). The van der Waals surface area contributed by atoms with Crippen molar-refractivity contribution < 1.29 is 13.9 Å². The maximum Gasteiger partial charge on any atom is 0.275 e. The van der Waals surface area contributed by atoms with Gasteiger partial charge in [0.25, 0.3) is 5.91 Å². The van der Waals surface area contributed by atoms with Crippen molar-refractivity contribution in [1.82, 2.24) is 5.43 Å². The van der Waals surface area contributed by atoms with E-state index in [-0.39, 0.29) is 18.3 Å². The molecule has 0 aliphatic carbocycles. The zero-order chi connectivity index (χ0) is 13.8. The Bertz CT molecular complexity index is 583. The predicted molar refractivity (Wildman–Crippen MR) is 74.4 cm³/mol. The summed E-state index contributed by atoms with van der Waals surface area (Å²) in [7, 11) is 0. The standard InChI is InChI=1S/C12H10BrFN2O2S/c13-7-3-8(14)5-9(4-7)18-6-10-1-2-11(19-10)12(17)16-15/h1-5H,6,15H2,(H,16,17). The third-order valence-electron chi connectivity index (χ3n) is 2.23. The third-order valence-corrected chi connectivity index (χ3v) is 3.75. The molecule has 19 heavy (non-hydrogen) atoms. The van der Waals surface area contributed by atoms with Crippen LogP contribution < -0.4 is 16.0 Å². The van der Waals surface area contributed by atoms with Crippen LogP contribution >= 0.6 is 27.3 Å². The molecular weight excluding hydrogens is 335 g/mol. The van der Waals surface area contributed by atoms with Gasteiger partial charge in [0, 0.05) is 15.4 Å². The molecule has 7 heteroatoms. The lowest BCUT2D eigenvalue weighted by Gasteiger charge is -2.05. The van der Waals surface area contributed by atoms with E-state index in [0.717, 1.165) is 4.88 Å². The summed E-state index contributed by atoms with van der Waals surface area (Å²) in [5, 5.41) is 0. The summed E-state index contributed by atoms with van der Waals surface area (Å²) in [6.45, 7) is 0.262. The fourth-order valence-electron chi connectivity index (χ4n) is 1.41. The van der Waals surface area contributed by atoms with Crippen LogP contribution in [0.2, 0.25) is 0 Å². The Morgan fingerprint density at radius 2 is 2.21 bits per heavy atom. The van der Waals surface area contributed by atoms with Gasteiger partial charge in [-0.1, -0.05) is 15.9 Å². The summed E-state index contributed by atoms with van der Waals surface area (Å²) in [4.78, 5) is 12.6. The molecule has 0 aliphatic heterocycles. The summed E-state index contributed by atoms with van der Waals surface area (Å²) in [5.74, 6) is 4.74. The fraction of sp³-hybridized carbons (Fsp3) is 0.0833. The second kappa shape index (κ2) is 6.14. The summed E-state index contributed by atoms with van der Waals surface area (Å²) in [6, 6.07) is 7.74. The van der Waals surface area contributed by atoms with Crippen LogP contribution in [-0.4, -0.2) is 5.91 Å². The van der Waals surface area contributed by atoms with Crippen molar-refractivity contribution in [3.8, 4) is 5.75 Å². The number of hydrogen-bond donors (Lipinski definition) is 2. The zero-order valence-electron chi connectivity index (χ0n) is 9.65. The van der Waals surface area contributed by atoms with Gasteiger partial charge < -0.3 is 4.74 Å². The van der Waals surface area contributed by atoms with Crippen molar-refractivity contribution in [2.45, 2.75) is 6.61 Å². The van der Waals surface area contributed by atoms with Crippen molar-refractivity contribution in [3.63, 3.8) is 0 Å². The van der Waals surface area contributed by atoms with E-state index < -0.39 is 0 Å². The smallest absolute Gasteiger partial charge is 0.275 e. The number of amides is 1. The van der Waals surface area contributed by atoms with Gasteiger partial charge in [-0.2, -0.15) is 0 Å². The number of nitrogen functional groups attached to an aromatic ring is 1. The number of thiophene rings is 1. The molecule has 0 unspecified atom stereocenters. The number of carbonyl (C=O) groups excluding carboxylic acids is 1. The SMILES string of the molecule is NNC(=O)c1ccc(COc2cc(F)cc(Br)c2)s1. The van der Waals surface area contributed by atoms with Crippen molar-refractivity contribution in [2.24, 2.45) is 5.84 Å². The fourth-order valence-corrected chi connectivity index (χ4v) is 2.68. The summed E-state index contributed by atoms with van der Waals surface area (Å²) in [6.07, 6.45) is 0. The largest absolute Gasteiger partial charge is 0.488 e. The predicted octanol–water partition coefficient (Wildman–Crippen LogP) is 2.83. The first-order valence-corrected chi connectivity index (χ1v) is 6.88. The summed E-state index contributed by atoms with van der Waals surface area (Å²) >= 11 is 4.46. The van der Waals surface area contributed by atoms with Gasteiger partial charge in [-0.25, -0.2) is 10.2 Å². The van der Waals surface area contributed by atoms with E-state index in [1.54, 1.807) is 18.2 Å². The zero-order valence-corrected chi connectivity index (χ0v) is 12.1. The van der Waals surface area contributed by atoms with Crippen LogP contribution in [0, 0.1) is 5.82 Å². The highest BCUT2D eigenvalue weighted by molar-refractivity contribution is 9.10. The lowest BCUT2D eigenvalue weighted by atomic mass is 10.3. The van der Waals surface area contributed by atoms with Crippen LogP contribution in [0.1, 0.15) is 14.5 Å². The number of nitrogens with one attached hydrogen (secondary N) is 1. The molecule has 1 aromatic heterocycles. The van der Waals surface area contributed by atoms with Gasteiger partial charge in [0.05, 0.1) is 4.88 Å². The van der Waals surface area contributed by atoms with Crippen LogP contribution in [-0.2, 0) is 6.61 Å². The Morgan fingerprint density at radius 1 is 1.42 bits per heavy atom. The van der Waals surface area contributed by atoms with E-state index >= 15 is 0 Å². The number of nitrogens with two attached hydrogens (primary N) is 1. The summed E-state index contributed by atoms with van der Waals surface area (Å²) < 4.78 is 19.2. The molecule has 100 valence electrons. The van der Waals surface area contributed by atoms with Gasteiger partial charge in [-0.05, 0) is 24.3 Å². The molecule has 4 nitrogen and oxygen atoms in total. The first-order valence-electron chi connectivity index (χ1n) is 5.27. The van der Waals surface area contributed by atoms with E-state index in [1.807, 2.05) is 0 Å². The molecule has 0 saturated heterocycles. The van der Waals surface area contributed by atoms with Gasteiger partial charge in [0.2, 0.25) is 0 Å². The Morgan fingerprint density at radius 3 is 2.89 bits per heavy atom. The molecule has 0 radical (unpaired) electrons. The molecule has 0 fully saturated rings. The monoisotopic (exact) mass is 344 g/mol. The molecule has 0 bridgehead atoms. The summed E-state index contributed by atoms with van der Waals surface area (Å²) in [5.41, 5.74) is 2.06. The van der Waals surface area contributed by atoms with Gasteiger partial charge in [-0.15, -0.1) is 11.3 Å². The Balaban J connectivity index is 2.02. The molecule has 2 aromatic rings. The normalized spacial score (nSPS) is 10.3. The lowest BCUT2D eigenvalue weighted by Crippen LogP contribution is -2.29. The van der Waals surface area contributed by atoms with E-state index in [0.29, 0.717) is 15.1 Å². The van der Waals surface area contributed by atoms with Crippen LogP contribution in [0.5, 0.6) is 5.75 Å². The number of carbonyl (C=O) groups is 1. The first kappa shape index (κ1) is 14.0. The maximum absolute atomic E-state index is 13.1. The minimum atomic E-state index is -0.376. The Labute approximate surface area is 121 Å². The maximum atomic E-state index is 13.1. The van der Waals surface area contributed by atoms with Crippen LogP contribution in [0.25, 0.3) is 0 Å². The van der Waals surface area contributed by atoms with Crippen molar-refractivity contribution in [2.75, 3.05) is 0 Å². The Hall–Kier alpha value is -1.44. The highest BCUT2D eigenvalue weighted by Gasteiger charge is 2.08. The third kappa shape index (κ3) is 3.76. The molecule has 1 heterocycles. The second-order valence-corrected chi connectivity index (χ2v) is 5.72. The number of ether oxygens (including phenoxy) is 1. The molecular formula is C12H10BrFN2O2S. The number of halogens is 2. The quantitative estimate of drug-likeness (QED) is 0.509. The van der Waals surface area contributed by atoms with E-state index in [1.165, 1.54) is 23.5 Å². The Kier molecular flexibility index (Phi) is 4.52. The van der Waals surface area contributed by atoms with Crippen molar-refractivity contribution in [1.29, 1.82) is 0 Å². The van der Waals surface area contributed by atoms with Gasteiger partial charge in [0.15, 0.2) is 0 Å². The topological polar surface area (TPSA) is 64.3 Å². The number of hydrazine groups is 1. The number of hydrogen-bond acceptors (Lipinski definition) is 4. The van der Waals surface area contributed by atoms with Gasteiger partial charge in [-0.3, -0.25) is 10.2 Å². The lowest BCUT2D eigenvalue weighted by molar-refractivity contribution is 0.0957. The van der Waals surface area contributed by atoms with Crippen LogP contribution in [0.15, 0.2) is 34.8 Å². The highest BCUT2D eigenvalue weighted by atomic mass is 79.9. The van der Waals surface area contributed by atoms with Crippen LogP contribution in [0.3, 0.4) is 0 Å². The first-order chi connectivity index (χ1) is 9.08. The second-order valence-electron chi connectivity index (χ2n) is 3.63. The molecule has 0 atom stereocenters. The molecule has 0 spiro atoms. The van der Waals surface area contributed by atoms with Gasteiger partial charge in [0.1, 0.15) is 18.2 Å². The average molecular weight is 345 g/mol.